The van der Waals surface area contributed by atoms with Crippen molar-refractivity contribution in [2.24, 2.45) is 0 Å². The molecular weight excluding hydrogens is 460 g/mol. The number of hydrogen-bond donors (Lipinski definition) is 1. The summed E-state index contributed by atoms with van der Waals surface area (Å²) in [5.74, 6) is 0.125. The van der Waals surface area contributed by atoms with Gasteiger partial charge in [-0.25, -0.2) is 18.2 Å². The van der Waals surface area contributed by atoms with Crippen molar-refractivity contribution in [3.63, 3.8) is 0 Å². The van der Waals surface area contributed by atoms with Crippen LogP contribution >= 0.6 is 11.3 Å². The van der Waals surface area contributed by atoms with Crippen molar-refractivity contribution < 1.29 is 22.7 Å². The molecule has 1 N–H and O–H groups in total. The average Bonchev–Trinajstić information content (AvgIpc) is 3.25. The number of fused-ring (bicyclic) bond motifs is 1. The van der Waals surface area contributed by atoms with Gasteiger partial charge in [0.2, 0.25) is 0 Å². The first kappa shape index (κ1) is 22.5. The molecule has 0 saturated carbocycles. The van der Waals surface area contributed by atoms with Crippen molar-refractivity contribution in [1.82, 2.24) is 4.98 Å². The zero-order valence-electron chi connectivity index (χ0n) is 17.6. The number of ether oxygens (including phenoxy) is 2. The Morgan fingerprint density at radius 1 is 1.03 bits per heavy atom. The molecule has 4 rings (SSSR count). The Bertz CT molecular complexity index is 1360. The van der Waals surface area contributed by atoms with Crippen LogP contribution in [0.2, 0.25) is 0 Å². The van der Waals surface area contributed by atoms with E-state index in [1.807, 2.05) is 24.3 Å². The number of para-hydroxylation sites is 1. The molecule has 9 heteroatoms. The van der Waals surface area contributed by atoms with Crippen LogP contribution in [-0.2, 0) is 26.2 Å². The molecule has 1 aromatic heterocycles. The molecule has 0 unspecified atom stereocenters. The van der Waals surface area contributed by atoms with Crippen LogP contribution in [0.1, 0.15) is 10.6 Å². The number of hydrogen-bond acceptors (Lipinski definition) is 7. The first-order valence-corrected chi connectivity index (χ1v) is 12.2. The molecule has 0 fully saturated rings. The van der Waals surface area contributed by atoms with Crippen molar-refractivity contribution >= 4 is 49.3 Å². The molecule has 7 nitrogen and oxygen atoms in total. The van der Waals surface area contributed by atoms with Gasteiger partial charge in [0.25, 0.3) is 10.0 Å². The first-order chi connectivity index (χ1) is 15.9. The molecule has 0 aliphatic heterocycles. The van der Waals surface area contributed by atoms with E-state index in [0.29, 0.717) is 17.0 Å². The summed E-state index contributed by atoms with van der Waals surface area (Å²) < 4.78 is 39.0. The Morgan fingerprint density at radius 3 is 2.45 bits per heavy atom. The lowest BCUT2D eigenvalue weighted by Crippen LogP contribution is -2.12. The fourth-order valence-electron chi connectivity index (χ4n) is 2.96. The third-order valence-corrected chi connectivity index (χ3v) is 7.03. The normalized spacial score (nSPS) is 11.5. The number of esters is 1. The number of carbonyl (C=O) groups excluding carboxylic acids is 1. The number of sulfonamides is 1. The Labute approximate surface area is 195 Å². The van der Waals surface area contributed by atoms with Crippen LogP contribution in [0, 0.1) is 0 Å². The summed E-state index contributed by atoms with van der Waals surface area (Å²) in [6.45, 7) is 0.0940. The Hall–Kier alpha value is -3.69. The van der Waals surface area contributed by atoms with Gasteiger partial charge in [0.1, 0.15) is 17.4 Å². The Kier molecular flexibility index (Phi) is 6.71. The number of nitrogens with one attached hydrogen (secondary N) is 1. The van der Waals surface area contributed by atoms with Crippen LogP contribution in [0.25, 0.3) is 16.3 Å². The SMILES string of the molecule is COc1ccc(NS(=O)(=O)c2ccc(/C=C/C(=O)OCc3nc4ccccc4s3)cc2)cc1. The second-order valence-electron chi connectivity index (χ2n) is 6.92. The highest BCUT2D eigenvalue weighted by Gasteiger charge is 2.14. The van der Waals surface area contributed by atoms with Crippen molar-refractivity contribution in [3.05, 3.63) is 89.4 Å². The molecule has 1 heterocycles. The van der Waals surface area contributed by atoms with Gasteiger partial charge in [-0.05, 0) is 60.2 Å². The highest BCUT2D eigenvalue weighted by molar-refractivity contribution is 7.92. The highest BCUT2D eigenvalue weighted by Crippen LogP contribution is 2.22. The van der Waals surface area contributed by atoms with Crippen LogP contribution < -0.4 is 9.46 Å². The monoisotopic (exact) mass is 480 g/mol. The minimum Gasteiger partial charge on any atom is -0.497 e. The minimum absolute atomic E-state index is 0.0940. The Morgan fingerprint density at radius 2 is 1.76 bits per heavy atom. The van der Waals surface area contributed by atoms with E-state index in [4.69, 9.17) is 9.47 Å². The lowest BCUT2D eigenvalue weighted by molar-refractivity contribution is -0.138. The summed E-state index contributed by atoms with van der Waals surface area (Å²) in [4.78, 5) is 16.6. The smallest absolute Gasteiger partial charge is 0.331 e. The average molecular weight is 481 g/mol. The molecule has 0 spiro atoms. The maximum absolute atomic E-state index is 12.6. The number of anilines is 1. The van der Waals surface area contributed by atoms with Crippen LogP contribution in [0.5, 0.6) is 5.75 Å². The molecule has 0 amide bonds. The van der Waals surface area contributed by atoms with Gasteiger partial charge in [0.05, 0.1) is 22.2 Å². The van der Waals surface area contributed by atoms with E-state index in [9.17, 15) is 13.2 Å². The maximum Gasteiger partial charge on any atom is 0.331 e. The summed E-state index contributed by atoms with van der Waals surface area (Å²) in [7, 11) is -2.20. The van der Waals surface area contributed by atoms with Crippen molar-refractivity contribution in [2.75, 3.05) is 11.8 Å². The van der Waals surface area contributed by atoms with Gasteiger partial charge in [-0.2, -0.15) is 0 Å². The Balaban J connectivity index is 1.34. The molecule has 0 atom stereocenters. The fraction of sp³-hybridized carbons (Fsp3) is 0.0833. The number of benzene rings is 3. The molecule has 33 heavy (non-hydrogen) atoms. The van der Waals surface area contributed by atoms with Gasteiger partial charge >= 0.3 is 5.97 Å². The van der Waals surface area contributed by atoms with Crippen LogP contribution in [-0.4, -0.2) is 26.5 Å². The number of methoxy groups -OCH3 is 1. The topological polar surface area (TPSA) is 94.6 Å². The quantitative estimate of drug-likeness (QED) is 0.286. The van der Waals surface area contributed by atoms with E-state index in [1.165, 1.54) is 36.7 Å². The number of nitrogens with zero attached hydrogens (tertiary/aromatic N) is 1. The number of rotatable bonds is 8. The predicted octanol–water partition coefficient (Wildman–Crippen LogP) is 4.86. The predicted molar refractivity (Wildman–Crippen MR) is 129 cm³/mol. The van der Waals surface area contributed by atoms with Gasteiger partial charge in [-0.1, -0.05) is 24.3 Å². The van der Waals surface area contributed by atoms with E-state index < -0.39 is 16.0 Å². The third-order valence-electron chi connectivity index (χ3n) is 4.62. The summed E-state index contributed by atoms with van der Waals surface area (Å²) in [6.07, 6.45) is 2.86. The van der Waals surface area contributed by atoms with Gasteiger partial charge in [0.15, 0.2) is 0 Å². The van der Waals surface area contributed by atoms with Crippen molar-refractivity contribution in [3.8, 4) is 5.75 Å². The van der Waals surface area contributed by atoms with E-state index in [-0.39, 0.29) is 11.5 Å². The van der Waals surface area contributed by atoms with E-state index >= 15 is 0 Å². The van der Waals surface area contributed by atoms with Gasteiger partial charge in [0, 0.05) is 11.8 Å². The van der Waals surface area contributed by atoms with Crippen LogP contribution in [0.15, 0.2) is 83.8 Å². The van der Waals surface area contributed by atoms with Gasteiger partial charge < -0.3 is 9.47 Å². The molecule has 0 aliphatic carbocycles. The second-order valence-corrected chi connectivity index (χ2v) is 9.72. The van der Waals surface area contributed by atoms with Gasteiger partial charge in [-0.15, -0.1) is 11.3 Å². The third kappa shape index (κ3) is 5.76. The van der Waals surface area contributed by atoms with E-state index in [1.54, 1.807) is 42.5 Å². The molecule has 0 radical (unpaired) electrons. The van der Waals surface area contributed by atoms with E-state index in [0.717, 1.165) is 15.2 Å². The van der Waals surface area contributed by atoms with Crippen molar-refractivity contribution in [1.29, 1.82) is 0 Å². The fourth-order valence-corrected chi connectivity index (χ4v) is 4.90. The second kappa shape index (κ2) is 9.85. The minimum atomic E-state index is -3.74. The van der Waals surface area contributed by atoms with Crippen molar-refractivity contribution in [2.45, 2.75) is 11.5 Å². The zero-order valence-corrected chi connectivity index (χ0v) is 19.2. The summed E-state index contributed by atoms with van der Waals surface area (Å²) >= 11 is 1.48. The first-order valence-electron chi connectivity index (χ1n) is 9.89. The molecule has 0 saturated heterocycles. The molecule has 0 aliphatic rings. The summed E-state index contributed by atoms with van der Waals surface area (Å²) in [5, 5.41) is 0.719. The number of thiazole rings is 1. The number of carbonyl (C=O) groups is 1. The zero-order chi connectivity index (χ0) is 23.3. The molecule has 168 valence electrons. The largest absolute Gasteiger partial charge is 0.497 e. The van der Waals surface area contributed by atoms with Gasteiger partial charge in [-0.3, -0.25) is 4.72 Å². The maximum atomic E-state index is 12.6. The summed E-state index contributed by atoms with van der Waals surface area (Å²) in [5.41, 5.74) is 1.96. The van der Waals surface area contributed by atoms with E-state index in [2.05, 4.69) is 9.71 Å². The standard InChI is InChI=1S/C24H20N2O5S2/c1-30-19-11-9-18(10-12-19)26-33(28,29)20-13-6-17(7-14-20)8-15-24(27)31-16-23-25-21-4-2-3-5-22(21)32-23/h2-15,26H,16H2,1H3/b15-8+. The molecular formula is C24H20N2O5S2. The highest BCUT2D eigenvalue weighted by atomic mass is 32.2. The number of aromatic nitrogens is 1. The summed E-state index contributed by atoms with van der Waals surface area (Å²) in [6, 6.07) is 20.5. The van der Waals surface area contributed by atoms with Crippen LogP contribution in [0.4, 0.5) is 5.69 Å². The van der Waals surface area contributed by atoms with Crippen LogP contribution in [0.3, 0.4) is 0 Å². The molecule has 3 aromatic carbocycles. The lowest BCUT2D eigenvalue weighted by Gasteiger charge is -2.09. The lowest BCUT2D eigenvalue weighted by atomic mass is 10.2. The molecule has 0 bridgehead atoms. The molecule has 4 aromatic rings.